The Morgan fingerprint density at radius 1 is 0.897 bits per heavy atom. The number of amides is 1. The summed E-state index contributed by atoms with van der Waals surface area (Å²) in [5.74, 6) is -0.984. The van der Waals surface area contributed by atoms with Gasteiger partial charge in [0.25, 0.3) is 5.91 Å². The largest absolute Gasteiger partial charge is 0.440 e. The van der Waals surface area contributed by atoms with Crippen LogP contribution in [-0.2, 0) is 4.74 Å². The highest BCUT2D eigenvalue weighted by Gasteiger charge is 2.32. The fourth-order valence-corrected chi connectivity index (χ4v) is 5.88. The Morgan fingerprint density at radius 3 is 2.33 bits per heavy atom. The van der Waals surface area contributed by atoms with Gasteiger partial charge in [-0.1, -0.05) is 0 Å². The van der Waals surface area contributed by atoms with Crippen molar-refractivity contribution in [2.45, 2.75) is 18.9 Å². The number of likely N-dealkylation sites (N-methyl/N-ethyl adjacent to an activating group) is 1. The summed E-state index contributed by atoms with van der Waals surface area (Å²) in [4.78, 5) is 35.0. The molecule has 1 amide bonds. The van der Waals surface area contributed by atoms with Crippen LogP contribution >= 0.6 is 0 Å². The van der Waals surface area contributed by atoms with Gasteiger partial charge in [0.15, 0.2) is 11.3 Å². The molecule has 3 aromatic rings. The first kappa shape index (κ1) is 25.8. The highest BCUT2D eigenvalue weighted by molar-refractivity contribution is 5.99. The summed E-state index contributed by atoms with van der Waals surface area (Å²) in [5.41, 5.74) is 1.71. The summed E-state index contributed by atoms with van der Waals surface area (Å²) in [6, 6.07) is 8.10. The van der Waals surface area contributed by atoms with Gasteiger partial charge in [-0.05, 0) is 44.2 Å². The van der Waals surface area contributed by atoms with Gasteiger partial charge in [0.05, 0.1) is 24.6 Å². The van der Waals surface area contributed by atoms with Crippen molar-refractivity contribution in [2.75, 3.05) is 75.9 Å². The summed E-state index contributed by atoms with van der Waals surface area (Å²) >= 11 is 0. The van der Waals surface area contributed by atoms with Crippen LogP contribution in [0.25, 0.3) is 11.0 Å². The van der Waals surface area contributed by atoms with Crippen molar-refractivity contribution in [1.82, 2.24) is 9.80 Å². The molecule has 0 radical (unpaired) electrons. The van der Waals surface area contributed by atoms with Gasteiger partial charge >= 0.3 is 0 Å². The smallest absolute Gasteiger partial charge is 0.253 e. The third-order valence-electron chi connectivity index (χ3n) is 8.00. The molecule has 0 N–H and O–H groups in total. The summed E-state index contributed by atoms with van der Waals surface area (Å²) in [7, 11) is 2.02. The SMILES string of the molecule is CN1CCN(C(=O)c2cc(C3CCCN3c3cc(F)cc(F)c3)c3oc(N4CCOCC4)cc(=O)c3c2)CC1. The number of rotatable bonds is 4. The Labute approximate surface area is 225 Å². The van der Waals surface area contributed by atoms with Crippen molar-refractivity contribution in [2.24, 2.45) is 0 Å². The molecule has 206 valence electrons. The molecule has 3 saturated heterocycles. The summed E-state index contributed by atoms with van der Waals surface area (Å²) in [6.45, 7) is 5.61. The van der Waals surface area contributed by atoms with Crippen LogP contribution < -0.4 is 15.2 Å². The second kappa shape index (κ2) is 10.6. The molecule has 39 heavy (non-hydrogen) atoms. The molecule has 4 heterocycles. The summed E-state index contributed by atoms with van der Waals surface area (Å²) in [5, 5.41) is 0.333. The van der Waals surface area contributed by atoms with Crippen LogP contribution in [-0.4, -0.2) is 81.8 Å². The molecule has 0 saturated carbocycles. The van der Waals surface area contributed by atoms with Gasteiger partial charge in [0, 0.05) is 74.8 Å². The molecule has 0 bridgehead atoms. The van der Waals surface area contributed by atoms with E-state index in [0.717, 1.165) is 25.6 Å². The molecule has 6 rings (SSSR count). The quantitative estimate of drug-likeness (QED) is 0.503. The van der Waals surface area contributed by atoms with Crippen molar-refractivity contribution in [3.05, 3.63) is 69.4 Å². The zero-order valence-corrected chi connectivity index (χ0v) is 22.0. The van der Waals surface area contributed by atoms with E-state index in [2.05, 4.69) is 4.90 Å². The number of fused-ring (bicyclic) bond motifs is 1. The number of halogens is 2. The molecule has 0 aliphatic carbocycles. The minimum atomic E-state index is -0.652. The van der Waals surface area contributed by atoms with Gasteiger partial charge < -0.3 is 28.8 Å². The number of ether oxygens (including phenoxy) is 1. The molecule has 1 unspecified atom stereocenters. The van der Waals surface area contributed by atoms with E-state index < -0.39 is 11.6 Å². The summed E-state index contributed by atoms with van der Waals surface area (Å²) in [6.07, 6.45) is 1.47. The molecule has 3 aliphatic heterocycles. The van der Waals surface area contributed by atoms with E-state index in [1.165, 1.54) is 18.2 Å². The number of carbonyl (C=O) groups is 1. The lowest BCUT2D eigenvalue weighted by Crippen LogP contribution is -2.47. The highest BCUT2D eigenvalue weighted by atomic mass is 19.1. The van der Waals surface area contributed by atoms with Gasteiger partial charge in [-0.2, -0.15) is 0 Å². The van der Waals surface area contributed by atoms with E-state index in [1.807, 2.05) is 27.8 Å². The number of hydrogen-bond donors (Lipinski definition) is 0. The van der Waals surface area contributed by atoms with E-state index in [-0.39, 0.29) is 17.4 Å². The Morgan fingerprint density at radius 2 is 1.62 bits per heavy atom. The van der Waals surface area contributed by atoms with Crippen LogP contribution in [0.5, 0.6) is 0 Å². The average molecular weight is 539 g/mol. The van der Waals surface area contributed by atoms with Gasteiger partial charge in [-0.15, -0.1) is 0 Å². The molecule has 1 aromatic heterocycles. The second-order valence-corrected chi connectivity index (χ2v) is 10.6. The molecule has 10 heteroatoms. The number of carbonyl (C=O) groups excluding carboxylic acids is 1. The molecule has 1 atom stereocenters. The fraction of sp³-hybridized carbons (Fsp3) is 0.448. The number of nitrogens with zero attached hydrogens (tertiary/aromatic N) is 4. The summed E-state index contributed by atoms with van der Waals surface area (Å²) < 4.78 is 40.2. The third kappa shape index (κ3) is 5.10. The van der Waals surface area contributed by atoms with Crippen molar-refractivity contribution in [3.8, 4) is 0 Å². The Kier molecular flexibility index (Phi) is 6.99. The zero-order chi connectivity index (χ0) is 27.1. The minimum Gasteiger partial charge on any atom is -0.440 e. The molecule has 0 spiro atoms. The standard InChI is InChI=1S/C29H32F2N4O4/c1-32-5-7-34(8-6-32)29(37)19-13-23(25-3-2-4-35(25)22-16-20(30)15-21(31)17-22)28-24(14-19)26(36)18-27(39-28)33-9-11-38-12-10-33/h13-18,25H,2-12H2,1H3. The van der Waals surface area contributed by atoms with Crippen molar-refractivity contribution >= 4 is 28.4 Å². The number of morpholine rings is 1. The topological polar surface area (TPSA) is 69.5 Å². The lowest BCUT2D eigenvalue weighted by atomic mass is 9.97. The molecule has 2 aromatic carbocycles. The van der Waals surface area contributed by atoms with Crippen molar-refractivity contribution < 1.29 is 22.7 Å². The second-order valence-electron chi connectivity index (χ2n) is 10.6. The third-order valence-corrected chi connectivity index (χ3v) is 8.00. The fourth-order valence-electron chi connectivity index (χ4n) is 5.88. The lowest BCUT2D eigenvalue weighted by Gasteiger charge is -2.33. The molecule has 3 aliphatic rings. The predicted molar refractivity (Wildman–Crippen MR) is 145 cm³/mol. The van der Waals surface area contributed by atoms with E-state index in [9.17, 15) is 18.4 Å². The Bertz CT molecular complexity index is 1430. The van der Waals surface area contributed by atoms with Crippen LogP contribution in [0.2, 0.25) is 0 Å². The maximum Gasteiger partial charge on any atom is 0.253 e. The number of piperazine rings is 1. The molecule has 3 fully saturated rings. The van der Waals surface area contributed by atoms with E-state index in [1.54, 1.807) is 6.07 Å². The van der Waals surface area contributed by atoms with Crippen LogP contribution in [0.4, 0.5) is 20.4 Å². The Balaban J connectivity index is 1.48. The normalized spacial score (nSPS) is 20.7. The zero-order valence-electron chi connectivity index (χ0n) is 22.0. The number of hydrogen-bond acceptors (Lipinski definition) is 7. The number of benzene rings is 2. The lowest BCUT2D eigenvalue weighted by molar-refractivity contribution is 0.0664. The van der Waals surface area contributed by atoms with Crippen LogP contribution in [0.3, 0.4) is 0 Å². The minimum absolute atomic E-state index is 0.135. The maximum atomic E-state index is 14.2. The average Bonchev–Trinajstić information content (AvgIpc) is 3.42. The van der Waals surface area contributed by atoms with Gasteiger partial charge in [-0.3, -0.25) is 9.59 Å². The van der Waals surface area contributed by atoms with E-state index >= 15 is 0 Å². The molecule has 8 nitrogen and oxygen atoms in total. The van der Waals surface area contributed by atoms with E-state index in [4.69, 9.17) is 9.15 Å². The van der Waals surface area contributed by atoms with Gasteiger partial charge in [-0.25, -0.2) is 8.78 Å². The number of anilines is 2. The van der Waals surface area contributed by atoms with Crippen LogP contribution in [0, 0.1) is 11.6 Å². The van der Waals surface area contributed by atoms with Crippen molar-refractivity contribution in [1.29, 1.82) is 0 Å². The monoisotopic (exact) mass is 538 g/mol. The van der Waals surface area contributed by atoms with E-state index in [0.29, 0.717) is 86.0 Å². The van der Waals surface area contributed by atoms with Crippen LogP contribution in [0.1, 0.15) is 34.8 Å². The molecular weight excluding hydrogens is 506 g/mol. The van der Waals surface area contributed by atoms with Gasteiger partial charge in [0.2, 0.25) is 0 Å². The Hall–Kier alpha value is -3.50. The maximum absolute atomic E-state index is 14.2. The molecular formula is C29H32F2N4O4. The first-order valence-electron chi connectivity index (χ1n) is 13.5. The highest BCUT2D eigenvalue weighted by Crippen LogP contribution is 2.40. The van der Waals surface area contributed by atoms with Crippen molar-refractivity contribution in [3.63, 3.8) is 0 Å². The van der Waals surface area contributed by atoms with Gasteiger partial charge in [0.1, 0.15) is 17.2 Å². The first-order valence-corrected chi connectivity index (χ1v) is 13.5. The predicted octanol–water partition coefficient (Wildman–Crippen LogP) is 3.64. The first-order chi connectivity index (χ1) is 18.9. The van der Waals surface area contributed by atoms with Crippen LogP contribution in [0.15, 0.2) is 45.6 Å².